The highest BCUT2D eigenvalue weighted by Gasteiger charge is 2.42. The summed E-state index contributed by atoms with van der Waals surface area (Å²) in [6, 6.07) is 14.9. The molecule has 1 saturated heterocycles. The van der Waals surface area contributed by atoms with E-state index in [-0.39, 0.29) is 42.9 Å². The Labute approximate surface area is 368 Å². The molecule has 1 fully saturated rings. The number of urea groups is 1. The molecule has 7 amide bonds. The number of aromatic nitrogens is 3. The molecule has 2 aromatic carbocycles. The molecule has 0 spiro atoms. The number of nitrogens with one attached hydrogen (secondary N) is 4. The summed E-state index contributed by atoms with van der Waals surface area (Å²) in [7, 11) is 4.85. The Morgan fingerprint density at radius 1 is 0.937 bits per heavy atom. The number of aryl methyl sites for hydroxylation is 2. The lowest BCUT2D eigenvalue weighted by molar-refractivity contribution is -0.142. The number of benzene rings is 2. The minimum Gasteiger partial charge on any atom is -0.347 e. The monoisotopic (exact) mass is 859 g/mol. The zero-order chi connectivity index (χ0) is 45.7. The van der Waals surface area contributed by atoms with E-state index in [1.54, 1.807) is 70.5 Å². The highest BCUT2D eigenvalue weighted by atomic mass is 16.2. The van der Waals surface area contributed by atoms with E-state index >= 15 is 0 Å². The maximum atomic E-state index is 14.5. The van der Waals surface area contributed by atoms with Gasteiger partial charge in [0.25, 0.3) is 5.91 Å². The molecule has 2 aliphatic heterocycles. The third-order valence-corrected chi connectivity index (χ3v) is 11.3. The number of carbonyl (C=O) groups is 6. The SMILES string of the molecule is Cc1ccc(Nc2ncc3c(n2)N(C)C(=O)N(c2cc(C(=O)N[C@@H](Cc4ccccc4)C(=O)N4CCC[C@H]4C(=O)NC(C)(C)C(=O)N[C@H](C(=O)N(C)C)C(C)C)ccc2C)C3)cn1. The Bertz CT molecular complexity index is 2370. The van der Waals surface area contributed by atoms with Crippen molar-refractivity contribution < 1.29 is 28.8 Å². The topological polar surface area (TPSA) is 202 Å². The molecule has 332 valence electrons. The van der Waals surface area contributed by atoms with Gasteiger partial charge in [-0.1, -0.05) is 50.2 Å². The largest absolute Gasteiger partial charge is 0.347 e. The van der Waals surface area contributed by atoms with Crippen molar-refractivity contribution in [2.45, 2.75) is 91.0 Å². The van der Waals surface area contributed by atoms with Crippen molar-refractivity contribution in [3.8, 4) is 0 Å². The van der Waals surface area contributed by atoms with Gasteiger partial charge in [0, 0.05) is 62.8 Å². The molecule has 0 radical (unpaired) electrons. The lowest BCUT2D eigenvalue weighted by atomic mass is 9.98. The molecule has 4 heterocycles. The van der Waals surface area contributed by atoms with Crippen molar-refractivity contribution in [2.24, 2.45) is 5.92 Å². The van der Waals surface area contributed by atoms with E-state index in [9.17, 15) is 28.8 Å². The van der Waals surface area contributed by atoms with Crippen LogP contribution < -0.4 is 31.1 Å². The number of carbonyl (C=O) groups excluding carboxylic acids is 6. The Morgan fingerprint density at radius 3 is 2.33 bits per heavy atom. The third-order valence-electron chi connectivity index (χ3n) is 11.3. The average molecular weight is 860 g/mol. The van der Waals surface area contributed by atoms with Crippen molar-refractivity contribution in [3.05, 3.63) is 101 Å². The molecule has 0 aliphatic carbocycles. The summed E-state index contributed by atoms with van der Waals surface area (Å²) >= 11 is 0. The zero-order valence-electron chi connectivity index (χ0n) is 37.4. The van der Waals surface area contributed by atoms with Crippen LogP contribution in [0.2, 0.25) is 0 Å². The molecule has 4 aromatic rings. The number of pyridine rings is 1. The summed E-state index contributed by atoms with van der Waals surface area (Å²) in [4.78, 5) is 102. The smallest absolute Gasteiger partial charge is 0.330 e. The highest BCUT2D eigenvalue weighted by Crippen LogP contribution is 2.33. The van der Waals surface area contributed by atoms with Gasteiger partial charge < -0.3 is 31.1 Å². The first-order valence-electron chi connectivity index (χ1n) is 21.1. The van der Waals surface area contributed by atoms with Crippen LogP contribution in [0.1, 0.15) is 73.3 Å². The number of hydrogen-bond acceptors (Lipinski definition) is 10. The maximum Gasteiger partial charge on any atom is 0.330 e. The fourth-order valence-electron chi connectivity index (χ4n) is 7.63. The van der Waals surface area contributed by atoms with Gasteiger partial charge in [-0.15, -0.1) is 0 Å². The molecule has 63 heavy (non-hydrogen) atoms. The van der Waals surface area contributed by atoms with E-state index in [0.717, 1.165) is 16.8 Å². The maximum absolute atomic E-state index is 14.5. The Balaban J connectivity index is 1.19. The second-order valence-corrected chi connectivity index (χ2v) is 17.2. The summed E-state index contributed by atoms with van der Waals surface area (Å²) in [6.07, 6.45) is 4.36. The zero-order valence-corrected chi connectivity index (χ0v) is 37.4. The number of amides is 7. The molecule has 3 atom stereocenters. The number of hydrogen-bond donors (Lipinski definition) is 4. The number of fused-ring (bicyclic) bond motifs is 1. The van der Waals surface area contributed by atoms with Crippen LogP contribution in [0.25, 0.3) is 0 Å². The quantitative estimate of drug-likeness (QED) is 0.142. The van der Waals surface area contributed by atoms with Gasteiger partial charge in [0.2, 0.25) is 29.6 Å². The van der Waals surface area contributed by atoms with Gasteiger partial charge in [-0.25, -0.2) is 9.78 Å². The van der Waals surface area contributed by atoms with Crippen molar-refractivity contribution >= 4 is 58.7 Å². The predicted octanol–water partition coefficient (Wildman–Crippen LogP) is 4.26. The molecule has 0 bridgehead atoms. The first kappa shape index (κ1) is 45.6. The number of likely N-dealkylation sites (tertiary alicyclic amines) is 1. The molecule has 17 nitrogen and oxygen atoms in total. The van der Waals surface area contributed by atoms with Gasteiger partial charge in [-0.2, -0.15) is 4.98 Å². The van der Waals surface area contributed by atoms with Crippen LogP contribution in [0.15, 0.2) is 73.1 Å². The summed E-state index contributed by atoms with van der Waals surface area (Å²) in [5.41, 5.74) is 3.10. The fourth-order valence-corrected chi connectivity index (χ4v) is 7.63. The Morgan fingerprint density at radius 2 is 1.67 bits per heavy atom. The van der Waals surface area contributed by atoms with E-state index in [4.69, 9.17) is 0 Å². The van der Waals surface area contributed by atoms with Crippen molar-refractivity contribution in [1.82, 2.24) is 40.7 Å². The highest BCUT2D eigenvalue weighted by molar-refractivity contribution is 6.07. The first-order chi connectivity index (χ1) is 29.8. The van der Waals surface area contributed by atoms with Crippen LogP contribution >= 0.6 is 0 Å². The number of rotatable bonds is 14. The molecule has 4 N–H and O–H groups in total. The summed E-state index contributed by atoms with van der Waals surface area (Å²) < 4.78 is 0. The number of anilines is 4. The van der Waals surface area contributed by atoms with Crippen LogP contribution in [0.5, 0.6) is 0 Å². The van der Waals surface area contributed by atoms with Crippen molar-refractivity contribution in [2.75, 3.05) is 42.8 Å². The van der Waals surface area contributed by atoms with Crippen LogP contribution in [0.3, 0.4) is 0 Å². The summed E-state index contributed by atoms with van der Waals surface area (Å²) in [5.74, 6) is -1.78. The van der Waals surface area contributed by atoms with Gasteiger partial charge >= 0.3 is 6.03 Å². The van der Waals surface area contributed by atoms with Gasteiger partial charge in [0.05, 0.1) is 18.4 Å². The van der Waals surface area contributed by atoms with E-state index in [1.807, 2.05) is 70.2 Å². The van der Waals surface area contributed by atoms with E-state index in [1.165, 1.54) is 14.7 Å². The summed E-state index contributed by atoms with van der Waals surface area (Å²) in [5, 5.41) is 11.7. The van der Waals surface area contributed by atoms with Crippen LogP contribution in [-0.2, 0) is 32.1 Å². The van der Waals surface area contributed by atoms with Crippen LogP contribution in [0.4, 0.5) is 27.9 Å². The van der Waals surface area contributed by atoms with Gasteiger partial charge in [-0.3, -0.25) is 38.8 Å². The number of nitrogens with zero attached hydrogens (tertiary/aromatic N) is 7. The minimum absolute atomic E-state index is 0.142. The average Bonchev–Trinajstić information content (AvgIpc) is 3.75. The minimum atomic E-state index is -1.42. The Hall–Kier alpha value is -6.91. The molecule has 6 rings (SSSR count). The van der Waals surface area contributed by atoms with E-state index in [2.05, 4.69) is 36.2 Å². The lowest BCUT2D eigenvalue weighted by Gasteiger charge is -2.35. The number of likely N-dealkylation sites (N-methyl/N-ethyl adjacent to an activating group) is 1. The van der Waals surface area contributed by atoms with Gasteiger partial charge in [0.1, 0.15) is 29.5 Å². The standard InChI is InChI=1S/C46H57N11O6/c1-27(2)37(42(61)54(7)8)51-43(62)46(5,6)53-40(59)35-16-13-21-56(35)41(60)34(22-30-14-11-10-12-15-30)50-39(58)31-19-17-28(3)36(23-31)57-26-32-24-48-44(52-38(32)55(9)45(57)63)49-33-20-18-29(4)47-25-33/h10-12,14-15,17-20,23-25,27,34-35,37H,13,16,21-22,26H2,1-9H3,(H,50,58)(H,51,62)(H,53,59)(H,48,49,52)/t34-,35-,37-/m0/s1. The first-order valence-corrected chi connectivity index (χ1v) is 21.1. The van der Waals surface area contributed by atoms with Gasteiger partial charge in [-0.05, 0) is 81.8 Å². The third kappa shape index (κ3) is 10.4. The predicted molar refractivity (Wildman–Crippen MR) is 239 cm³/mol. The van der Waals surface area contributed by atoms with E-state index in [0.29, 0.717) is 41.5 Å². The molecule has 2 aliphatic rings. The lowest BCUT2D eigenvalue weighted by Crippen LogP contribution is -2.62. The molecular weight excluding hydrogens is 803 g/mol. The molecule has 2 aromatic heterocycles. The second-order valence-electron chi connectivity index (χ2n) is 17.2. The molecular formula is C46H57N11O6. The van der Waals surface area contributed by atoms with Crippen LogP contribution in [-0.4, -0.2) is 112 Å². The Kier molecular flexibility index (Phi) is 13.8. The molecule has 0 saturated carbocycles. The van der Waals surface area contributed by atoms with Crippen LogP contribution in [0, 0.1) is 19.8 Å². The molecule has 0 unspecified atom stereocenters. The van der Waals surface area contributed by atoms with E-state index < -0.39 is 47.3 Å². The molecule has 17 heteroatoms. The van der Waals surface area contributed by atoms with Crippen molar-refractivity contribution in [1.29, 1.82) is 0 Å². The van der Waals surface area contributed by atoms with Crippen molar-refractivity contribution in [3.63, 3.8) is 0 Å². The van der Waals surface area contributed by atoms with Gasteiger partial charge in [0.15, 0.2) is 0 Å². The summed E-state index contributed by atoms with van der Waals surface area (Å²) in [6.45, 7) is 10.9. The normalized spacial score (nSPS) is 15.9. The fraction of sp³-hybridized carbons (Fsp3) is 0.413. The second kappa shape index (κ2) is 19.0.